The Morgan fingerprint density at radius 1 is 1.18 bits per heavy atom. The number of unbranched alkanes of at least 4 members (excludes halogenated alkanes) is 3. The quantitative estimate of drug-likeness (QED) is 0.516. The van der Waals surface area contributed by atoms with Gasteiger partial charge in [0.25, 0.3) is 0 Å². The molecule has 0 heterocycles. The molecule has 1 nitrogen and oxygen atoms in total. The molecular weight excluding hydrogens is 136 g/mol. The molecular formula is C10H21O. The van der Waals surface area contributed by atoms with Crippen LogP contribution in [0.15, 0.2) is 0 Å². The van der Waals surface area contributed by atoms with Crippen molar-refractivity contribution in [2.45, 2.75) is 39.5 Å². The second-order valence-corrected chi connectivity index (χ2v) is 3.38. The first kappa shape index (κ1) is 11.0. The highest BCUT2D eigenvalue weighted by atomic mass is 16.5. The first-order valence-corrected chi connectivity index (χ1v) is 4.64. The Labute approximate surface area is 71.1 Å². The summed E-state index contributed by atoms with van der Waals surface area (Å²) in [6.07, 6.45) is 4.76. The van der Waals surface area contributed by atoms with Gasteiger partial charge in [-0.3, -0.25) is 0 Å². The summed E-state index contributed by atoms with van der Waals surface area (Å²) in [5, 5.41) is 0. The highest BCUT2D eigenvalue weighted by molar-refractivity contribution is 4.44. The summed E-state index contributed by atoms with van der Waals surface area (Å²) in [7, 11) is 0. The lowest BCUT2D eigenvalue weighted by atomic mass is 10.2. The minimum Gasteiger partial charge on any atom is -0.381 e. The summed E-state index contributed by atoms with van der Waals surface area (Å²) in [5.41, 5.74) is 0. The molecule has 0 fully saturated rings. The van der Waals surface area contributed by atoms with Crippen molar-refractivity contribution in [1.82, 2.24) is 0 Å². The first-order chi connectivity index (χ1) is 5.27. The minimum absolute atomic E-state index is 0.669. The average molecular weight is 157 g/mol. The maximum Gasteiger partial charge on any atom is 0.0488 e. The molecule has 1 heteroatoms. The van der Waals surface area contributed by atoms with E-state index in [4.69, 9.17) is 4.74 Å². The molecule has 0 rings (SSSR count). The van der Waals surface area contributed by atoms with Gasteiger partial charge in [0.15, 0.2) is 0 Å². The van der Waals surface area contributed by atoms with Gasteiger partial charge in [-0.15, -0.1) is 0 Å². The molecule has 1 radical (unpaired) electrons. The molecule has 0 aliphatic carbocycles. The Morgan fingerprint density at radius 3 is 2.45 bits per heavy atom. The fourth-order valence-corrected chi connectivity index (χ4v) is 0.877. The van der Waals surface area contributed by atoms with Gasteiger partial charge in [-0.1, -0.05) is 40.0 Å². The number of rotatable bonds is 7. The zero-order chi connectivity index (χ0) is 8.53. The van der Waals surface area contributed by atoms with Gasteiger partial charge in [0.2, 0.25) is 0 Å². The Balaban J connectivity index is 2.80. The van der Waals surface area contributed by atoms with Crippen molar-refractivity contribution in [3.63, 3.8) is 0 Å². The van der Waals surface area contributed by atoms with Crippen molar-refractivity contribution in [3.8, 4) is 0 Å². The molecule has 0 aliphatic rings. The van der Waals surface area contributed by atoms with Gasteiger partial charge in [0.05, 0.1) is 0 Å². The Morgan fingerprint density at radius 2 is 1.91 bits per heavy atom. The van der Waals surface area contributed by atoms with E-state index in [1.807, 2.05) is 0 Å². The van der Waals surface area contributed by atoms with E-state index in [0.717, 1.165) is 19.6 Å². The maximum absolute atomic E-state index is 5.42. The van der Waals surface area contributed by atoms with Crippen LogP contribution in [-0.2, 0) is 4.74 Å². The highest BCUT2D eigenvalue weighted by Gasteiger charge is 1.92. The van der Waals surface area contributed by atoms with Crippen LogP contribution in [0.2, 0.25) is 0 Å². The van der Waals surface area contributed by atoms with E-state index in [1.54, 1.807) is 0 Å². The van der Waals surface area contributed by atoms with Crippen molar-refractivity contribution in [2.24, 2.45) is 5.92 Å². The van der Waals surface area contributed by atoms with E-state index in [1.165, 1.54) is 19.3 Å². The molecule has 0 saturated carbocycles. The lowest BCUT2D eigenvalue weighted by Gasteiger charge is -2.05. The van der Waals surface area contributed by atoms with Crippen LogP contribution in [0.3, 0.4) is 0 Å². The van der Waals surface area contributed by atoms with Crippen LogP contribution in [0.1, 0.15) is 39.5 Å². The normalized spacial score (nSPS) is 10.9. The van der Waals surface area contributed by atoms with Gasteiger partial charge in [-0.05, 0) is 12.3 Å². The van der Waals surface area contributed by atoms with Crippen LogP contribution >= 0.6 is 0 Å². The lowest BCUT2D eigenvalue weighted by Crippen LogP contribution is -2.02. The smallest absolute Gasteiger partial charge is 0.0488 e. The Bertz CT molecular complexity index is 69.3. The molecule has 0 N–H and O–H groups in total. The molecule has 0 aromatic carbocycles. The van der Waals surface area contributed by atoms with Crippen LogP contribution in [0.25, 0.3) is 0 Å². The first-order valence-electron chi connectivity index (χ1n) is 4.64. The lowest BCUT2D eigenvalue weighted by molar-refractivity contribution is 0.106. The molecule has 0 amide bonds. The van der Waals surface area contributed by atoms with Gasteiger partial charge in [0, 0.05) is 13.2 Å². The van der Waals surface area contributed by atoms with Crippen molar-refractivity contribution in [1.29, 1.82) is 0 Å². The fraction of sp³-hybridized carbons (Fsp3) is 0.900. The molecule has 0 atom stereocenters. The third kappa shape index (κ3) is 9.96. The maximum atomic E-state index is 5.42. The van der Waals surface area contributed by atoms with E-state index < -0.39 is 0 Å². The zero-order valence-electron chi connectivity index (χ0n) is 7.94. The largest absolute Gasteiger partial charge is 0.381 e. The van der Waals surface area contributed by atoms with Gasteiger partial charge in [-0.2, -0.15) is 0 Å². The van der Waals surface area contributed by atoms with Crippen molar-refractivity contribution >= 4 is 0 Å². The molecule has 0 aromatic rings. The molecule has 0 bridgehead atoms. The molecule has 0 aromatic heterocycles. The fourth-order valence-electron chi connectivity index (χ4n) is 0.877. The topological polar surface area (TPSA) is 9.23 Å². The molecule has 11 heavy (non-hydrogen) atoms. The van der Waals surface area contributed by atoms with Crippen LogP contribution in [-0.4, -0.2) is 13.2 Å². The number of hydrogen-bond donors (Lipinski definition) is 0. The predicted molar refractivity (Wildman–Crippen MR) is 49.5 cm³/mol. The minimum atomic E-state index is 0.669. The summed E-state index contributed by atoms with van der Waals surface area (Å²) < 4.78 is 5.42. The summed E-state index contributed by atoms with van der Waals surface area (Å²) in [4.78, 5) is 0. The van der Waals surface area contributed by atoms with Gasteiger partial charge < -0.3 is 4.74 Å². The van der Waals surface area contributed by atoms with Gasteiger partial charge >= 0.3 is 0 Å². The van der Waals surface area contributed by atoms with Crippen LogP contribution in [0.5, 0.6) is 0 Å². The molecule has 0 unspecified atom stereocenters. The Hall–Kier alpha value is -0.0400. The summed E-state index contributed by atoms with van der Waals surface area (Å²) in [5.74, 6) is 0.669. The standard InChI is InChI=1S/C10H21O/c1-4-5-6-7-8-11-9-10(2)3/h10H,1,4-9H2,2-3H3. The third-order valence-electron chi connectivity index (χ3n) is 1.49. The SMILES string of the molecule is [CH2]CCCCCOCC(C)C. The van der Waals surface area contributed by atoms with Gasteiger partial charge in [-0.25, -0.2) is 0 Å². The molecule has 0 aliphatic heterocycles. The Kier molecular flexibility index (Phi) is 8.03. The third-order valence-corrected chi connectivity index (χ3v) is 1.49. The molecule has 0 saturated heterocycles. The monoisotopic (exact) mass is 157 g/mol. The molecule has 0 spiro atoms. The van der Waals surface area contributed by atoms with Crippen molar-refractivity contribution in [2.75, 3.05) is 13.2 Å². The summed E-state index contributed by atoms with van der Waals surface area (Å²) in [6, 6.07) is 0. The number of hydrogen-bond acceptors (Lipinski definition) is 1. The zero-order valence-corrected chi connectivity index (χ0v) is 7.94. The van der Waals surface area contributed by atoms with E-state index in [-0.39, 0.29) is 0 Å². The van der Waals surface area contributed by atoms with Crippen LogP contribution in [0, 0.1) is 12.8 Å². The van der Waals surface area contributed by atoms with Crippen LogP contribution < -0.4 is 0 Å². The second-order valence-electron chi connectivity index (χ2n) is 3.38. The van der Waals surface area contributed by atoms with E-state index in [9.17, 15) is 0 Å². The average Bonchev–Trinajstić information content (AvgIpc) is 1.96. The van der Waals surface area contributed by atoms with E-state index in [0.29, 0.717) is 5.92 Å². The molecule has 67 valence electrons. The summed E-state index contributed by atoms with van der Waals surface area (Å²) in [6.45, 7) is 9.98. The van der Waals surface area contributed by atoms with E-state index >= 15 is 0 Å². The predicted octanol–water partition coefficient (Wildman–Crippen LogP) is 3.05. The highest BCUT2D eigenvalue weighted by Crippen LogP contribution is 2.00. The van der Waals surface area contributed by atoms with E-state index in [2.05, 4.69) is 20.8 Å². The van der Waals surface area contributed by atoms with Crippen LogP contribution in [0.4, 0.5) is 0 Å². The van der Waals surface area contributed by atoms with Crippen molar-refractivity contribution < 1.29 is 4.74 Å². The number of ether oxygens (including phenoxy) is 1. The van der Waals surface area contributed by atoms with Gasteiger partial charge in [0.1, 0.15) is 0 Å². The summed E-state index contributed by atoms with van der Waals surface area (Å²) >= 11 is 0. The van der Waals surface area contributed by atoms with Crippen molar-refractivity contribution in [3.05, 3.63) is 6.92 Å². The second kappa shape index (κ2) is 8.06.